The number of rotatable bonds is 4. The third kappa shape index (κ3) is 4.56. The van der Waals surface area contributed by atoms with Gasteiger partial charge in [0.05, 0.1) is 5.57 Å². The van der Waals surface area contributed by atoms with Crippen molar-refractivity contribution in [2.24, 2.45) is 0 Å². The first-order valence-electron chi connectivity index (χ1n) is 12.3. The summed E-state index contributed by atoms with van der Waals surface area (Å²) in [7, 11) is 0. The molecule has 5 heteroatoms. The maximum Gasteiger partial charge on any atom is 0.337 e. The number of carbonyl (C=O) groups excluding carboxylic acids is 2. The lowest BCUT2D eigenvalue weighted by molar-refractivity contribution is -0.146. The van der Waals surface area contributed by atoms with E-state index in [1.165, 1.54) is 6.42 Å². The van der Waals surface area contributed by atoms with E-state index in [-0.39, 0.29) is 23.8 Å². The number of ether oxygens (including phenoxy) is 1. The number of carbonyl (C=O) groups is 2. The van der Waals surface area contributed by atoms with Crippen LogP contribution in [-0.4, -0.2) is 17.9 Å². The van der Waals surface area contributed by atoms with E-state index in [0.29, 0.717) is 22.6 Å². The van der Waals surface area contributed by atoms with Gasteiger partial charge in [-0.1, -0.05) is 60.5 Å². The van der Waals surface area contributed by atoms with Crippen LogP contribution in [0, 0.1) is 0 Å². The topological polar surface area (TPSA) is 55.4 Å². The van der Waals surface area contributed by atoms with E-state index in [4.69, 9.17) is 16.3 Å². The molecular formula is C29H30ClNO3. The van der Waals surface area contributed by atoms with E-state index in [9.17, 15) is 9.59 Å². The molecule has 0 saturated heterocycles. The number of Topliss-reactive ketones (excluding diaryl/α,β-unsaturated/α-hetero) is 1. The fourth-order valence-electron chi connectivity index (χ4n) is 5.66. The van der Waals surface area contributed by atoms with Crippen LogP contribution in [0.3, 0.4) is 0 Å². The fraction of sp³-hybridized carbons (Fsp3) is 0.379. The molecule has 1 fully saturated rings. The number of nitrogens with one attached hydrogen (secondary N) is 1. The summed E-state index contributed by atoms with van der Waals surface area (Å²) in [6.45, 7) is 1.92. The summed E-state index contributed by atoms with van der Waals surface area (Å²) < 4.78 is 5.99. The van der Waals surface area contributed by atoms with Gasteiger partial charge in [-0.15, -0.1) is 0 Å². The molecule has 0 radical (unpaired) electrons. The van der Waals surface area contributed by atoms with Crippen molar-refractivity contribution >= 4 is 23.4 Å². The number of halogens is 1. The molecule has 1 heterocycles. The molecule has 4 nitrogen and oxygen atoms in total. The Morgan fingerprint density at radius 3 is 2.35 bits per heavy atom. The summed E-state index contributed by atoms with van der Waals surface area (Å²) in [6, 6.07) is 17.7. The zero-order valence-electron chi connectivity index (χ0n) is 19.5. The lowest BCUT2D eigenvalue weighted by Crippen LogP contribution is -2.37. The van der Waals surface area contributed by atoms with Gasteiger partial charge in [-0.05, 0) is 68.2 Å². The second-order valence-electron chi connectivity index (χ2n) is 9.64. The molecule has 0 amide bonds. The van der Waals surface area contributed by atoms with Crippen molar-refractivity contribution in [3.8, 4) is 0 Å². The van der Waals surface area contributed by atoms with Crippen LogP contribution < -0.4 is 5.32 Å². The summed E-state index contributed by atoms with van der Waals surface area (Å²) in [5, 5.41) is 4.06. The largest absolute Gasteiger partial charge is 0.459 e. The molecule has 1 saturated carbocycles. The Bertz CT molecular complexity index is 1140. The lowest BCUT2D eigenvalue weighted by atomic mass is 9.71. The molecule has 2 atom stereocenters. The van der Waals surface area contributed by atoms with Crippen LogP contribution in [0.15, 0.2) is 77.1 Å². The Morgan fingerprint density at radius 2 is 1.65 bits per heavy atom. The van der Waals surface area contributed by atoms with Gasteiger partial charge >= 0.3 is 5.97 Å². The highest BCUT2D eigenvalue weighted by Crippen LogP contribution is 2.46. The van der Waals surface area contributed by atoms with Crippen LogP contribution >= 0.6 is 11.6 Å². The summed E-state index contributed by atoms with van der Waals surface area (Å²) in [5.74, 6) is -0.567. The minimum atomic E-state index is -0.450. The monoisotopic (exact) mass is 475 g/mol. The van der Waals surface area contributed by atoms with Crippen LogP contribution in [-0.2, 0) is 14.3 Å². The maximum atomic E-state index is 13.6. The van der Waals surface area contributed by atoms with Gasteiger partial charge in [0.15, 0.2) is 5.78 Å². The van der Waals surface area contributed by atoms with Crippen molar-refractivity contribution in [3.05, 3.63) is 93.3 Å². The summed E-state index contributed by atoms with van der Waals surface area (Å²) in [6.07, 6.45) is 6.29. The van der Waals surface area contributed by atoms with Crippen LogP contribution in [0.5, 0.6) is 0 Å². The minimum Gasteiger partial charge on any atom is -0.459 e. The summed E-state index contributed by atoms with van der Waals surface area (Å²) >= 11 is 6.17. The Morgan fingerprint density at radius 1 is 0.941 bits per heavy atom. The number of hydrogen-bond acceptors (Lipinski definition) is 4. The molecule has 34 heavy (non-hydrogen) atoms. The molecule has 1 aliphatic heterocycles. The van der Waals surface area contributed by atoms with Gasteiger partial charge in [0.1, 0.15) is 6.10 Å². The van der Waals surface area contributed by atoms with Gasteiger partial charge in [-0.3, -0.25) is 4.79 Å². The first-order valence-corrected chi connectivity index (χ1v) is 12.6. The molecule has 0 unspecified atom stereocenters. The molecule has 2 aromatic carbocycles. The number of hydrogen-bond donors (Lipinski definition) is 1. The highest BCUT2D eigenvalue weighted by atomic mass is 35.5. The zero-order valence-corrected chi connectivity index (χ0v) is 20.2. The molecule has 176 valence electrons. The Balaban J connectivity index is 1.52. The van der Waals surface area contributed by atoms with E-state index >= 15 is 0 Å². The molecule has 0 aromatic heterocycles. The normalized spacial score (nSPS) is 23.4. The van der Waals surface area contributed by atoms with E-state index in [1.807, 2.05) is 49.4 Å². The standard InChI is InChI=1S/C29H30ClNO3/c1-18-26(29(33)34-23-10-6-3-7-11-23)27(20-12-14-22(30)15-13-20)28-24(31-18)16-21(17-25(28)32)19-8-4-2-5-9-19/h2,4-5,8-9,12-15,21,23,27,31H,3,6-7,10-11,16-17H2,1H3/t21-,27-/m1/s1. The molecule has 2 aliphatic carbocycles. The quantitative estimate of drug-likeness (QED) is 0.507. The van der Waals surface area contributed by atoms with Gasteiger partial charge in [-0.2, -0.15) is 0 Å². The second kappa shape index (κ2) is 9.79. The maximum absolute atomic E-state index is 13.6. The van der Waals surface area contributed by atoms with E-state index < -0.39 is 5.92 Å². The van der Waals surface area contributed by atoms with Crippen LogP contribution in [0.1, 0.15) is 74.8 Å². The first-order chi connectivity index (χ1) is 16.5. The van der Waals surface area contributed by atoms with Crippen molar-refractivity contribution in [2.45, 2.75) is 69.8 Å². The van der Waals surface area contributed by atoms with Gasteiger partial charge in [-0.25, -0.2) is 4.79 Å². The zero-order chi connectivity index (χ0) is 23.7. The average molecular weight is 476 g/mol. The highest BCUT2D eigenvalue weighted by Gasteiger charge is 2.41. The van der Waals surface area contributed by atoms with Gasteiger partial charge in [0, 0.05) is 34.3 Å². The lowest BCUT2D eigenvalue weighted by Gasteiger charge is -2.37. The van der Waals surface area contributed by atoms with Crippen molar-refractivity contribution in [1.29, 1.82) is 0 Å². The number of benzene rings is 2. The average Bonchev–Trinajstić information content (AvgIpc) is 2.84. The smallest absolute Gasteiger partial charge is 0.337 e. The third-order valence-electron chi connectivity index (χ3n) is 7.35. The molecule has 5 rings (SSSR count). The van der Waals surface area contributed by atoms with Gasteiger partial charge in [0.2, 0.25) is 0 Å². The summed E-state index contributed by atoms with van der Waals surface area (Å²) in [4.78, 5) is 27.1. The van der Waals surface area contributed by atoms with E-state index in [0.717, 1.165) is 54.6 Å². The van der Waals surface area contributed by atoms with Crippen molar-refractivity contribution in [1.82, 2.24) is 5.32 Å². The first kappa shape index (κ1) is 22.9. The molecule has 3 aliphatic rings. The van der Waals surface area contributed by atoms with Gasteiger partial charge < -0.3 is 10.1 Å². The Hall–Kier alpha value is -2.85. The molecule has 0 spiro atoms. The Labute approximate surface area is 206 Å². The molecule has 0 bridgehead atoms. The fourth-order valence-corrected chi connectivity index (χ4v) is 5.78. The van der Waals surface area contributed by atoms with Crippen LogP contribution in [0.25, 0.3) is 0 Å². The van der Waals surface area contributed by atoms with E-state index in [1.54, 1.807) is 0 Å². The van der Waals surface area contributed by atoms with E-state index in [2.05, 4.69) is 17.4 Å². The highest BCUT2D eigenvalue weighted by molar-refractivity contribution is 6.30. The van der Waals surface area contributed by atoms with Crippen molar-refractivity contribution in [3.63, 3.8) is 0 Å². The minimum absolute atomic E-state index is 0.0488. The predicted octanol–water partition coefficient (Wildman–Crippen LogP) is 6.58. The third-order valence-corrected chi connectivity index (χ3v) is 7.60. The van der Waals surface area contributed by atoms with Gasteiger partial charge in [0.25, 0.3) is 0 Å². The number of esters is 1. The summed E-state index contributed by atoms with van der Waals surface area (Å²) in [5.41, 5.74) is 4.96. The second-order valence-corrected chi connectivity index (χ2v) is 10.1. The molecule has 2 aromatic rings. The predicted molar refractivity (Wildman–Crippen MR) is 133 cm³/mol. The van der Waals surface area contributed by atoms with Crippen molar-refractivity contribution in [2.75, 3.05) is 0 Å². The molecule has 1 N–H and O–H groups in total. The Kier molecular flexibility index (Phi) is 6.60. The number of dihydropyridines is 1. The number of ketones is 1. The molecular weight excluding hydrogens is 446 g/mol. The van der Waals surface area contributed by atoms with Crippen LogP contribution in [0.2, 0.25) is 5.02 Å². The van der Waals surface area contributed by atoms with Crippen molar-refractivity contribution < 1.29 is 14.3 Å². The SMILES string of the molecule is CC1=C(C(=O)OC2CCCCC2)[C@@H](c2ccc(Cl)cc2)C2=C(C[C@@H](c3ccccc3)CC2=O)N1. The van der Waals surface area contributed by atoms with Crippen LogP contribution in [0.4, 0.5) is 0 Å². The number of allylic oxidation sites excluding steroid dienone is 3.